The topological polar surface area (TPSA) is 78.8 Å². The summed E-state index contributed by atoms with van der Waals surface area (Å²) in [6.45, 7) is 1.93. The molecule has 2 unspecified atom stereocenters. The molecule has 0 saturated heterocycles. The van der Waals surface area contributed by atoms with E-state index in [0.717, 1.165) is 5.56 Å². The van der Waals surface area contributed by atoms with Crippen molar-refractivity contribution in [1.29, 1.82) is 0 Å². The number of hydrogen-bond acceptors (Lipinski definition) is 4. The van der Waals surface area contributed by atoms with Gasteiger partial charge in [-0.05, 0) is 32.5 Å². The molecular weight excluding hydrogens is 246 g/mol. The fourth-order valence-corrected chi connectivity index (χ4v) is 2.04. The summed E-state index contributed by atoms with van der Waals surface area (Å²) in [5.41, 5.74) is 1.69. The predicted octanol–water partition coefficient (Wildman–Crippen LogP) is 1.49. The van der Waals surface area contributed by atoms with Crippen LogP contribution in [0.15, 0.2) is 18.2 Å². The number of rotatable bonds is 7. The standard InChI is InChI=1S/C14H21NO4/c1-9-4-6-12(19-3)10(8-9)14(18)11(15-2)5-7-13(16)17/h4,6,8,11,14-15,18H,5,7H2,1-3H3,(H,16,17). The SMILES string of the molecule is CNC(CCC(=O)O)C(O)c1cc(C)ccc1OC. The lowest BCUT2D eigenvalue weighted by Gasteiger charge is -2.24. The first kappa shape index (κ1) is 15.5. The molecule has 0 aromatic heterocycles. The van der Waals surface area contributed by atoms with E-state index >= 15 is 0 Å². The molecule has 0 saturated carbocycles. The predicted molar refractivity (Wildman–Crippen MR) is 72.4 cm³/mol. The van der Waals surface area contributed by atoms with Crippen molar-refractivity contribution in [3.63, 3.8) is 0 Å². The highest BCUT2D eigenvalue weighted by Gasteiger charge is 2.23. The summed E-state index contributed by atoms with van der Waals surface area (Å²) in [5, 5.41) is 22.1. The molecule has 0 spiro atoms. The summed E-state index contributed by atoms with van der Waals surface area (Å²) in [6.07, 6.45) is -0.444. The molecule has 19 heavy (non-hydrogen) atoms. The minimum absolute atomic E-state index is 0.0106. The molecule has 1 aromatic rings. The second kappa shape index (κ2) is 7.11. The highest BCUT2D eigenvalue weighted by molar-refractivity contribution is 5.66. The fraction of sp³-hybridized carbons (Fsp3) is 0.500. The Morgan fingerprint density at radius 3 is 2.68 bits per heavy atom. The number of aliphatic hydroxyl groups is 1. The van der Waals surface area contributed by atoms with Gasteiger partial charge in [-0.3, -0.25) is 4.79 Å². The molecule has 0 aliphatic carbocycles. The number of hydrogen-bond donors (Lipinski definition) is 3. The van der Waals surface area contributed by atoms with Gasteiger partial charge in [0, 0.05) is 18.0 Å². The monoisotopic (exact) mass is 267 g/mol. The quantitative estimate of drug-likeness (QED) is 0.697. The van der Waals surface area contributed by atoms with E-state index in [9.17, 15) is 9.90 Å². The van der Waals surface area contributed by atoms with E-state index in [2.05, 4.69) is 5.32 Å². The molecule has 5 heteroatoms. The largest absolute Gasteiger partial charge is 0.496 e. The Kier molecular flexibility index (Phi) is 5.79. The maximum absolute atomic E-state index is 10.6. The van der Waals surface area contributed by atoms with Crippen LogP contribution in [0.25, 0.3) is 0 Å². The normalized spacial score (nSPS) is 13.9. The molecule has 3 N–H and O–H groups in total. The molecule has 0 bridgehead atoms. The van der Waals surface area contributed by atoms with Crippen molar-refractivity contribution in [2.24, 2.45) is 0 Å². The van der Waals surface area contributed by atoms with Gasteiger partial charge in [0.25, 0.3) is 0 Å². The Hall–Kier alpha value is -1.59. The van der Waals surface area contributed by atoms with Gasteiger partial charge in [0.2, 0.25) is 0 Å². The first-order valence-electron chi connectivity index (χ1n) is 6.21. The van der Waals surface area contributed by atoms with Gasteiger partial charge in [-0.2, -0.15) is 0 Å². The molecule has 0 aliphatic rings. The third kappa shape index (κ3) is 4.22. The van der Waals surface area contributed by atoms with Crippen LogP contribution in [-0.4, -0.2) is 36.4 Å². The summed E-state index contributed by atoms with van der Waals surface area (Å²) < 4.78 is 5.24. The van der Waals surface area contributed by atoms with Crippen LogP contribution < -0.4 is 10.1 Å². The Morgan fingerprint density at radius 1 is 1.47 bits per heavy atom. The highest BCUT2D eigenvalue weighted by atomic mass is 16.5. The van der Waals surface area contributed by atoms with Crippen LogP contribution in [0.3, 0.4) is 0 Å². The van der Waals surface area contributed by atoms with Gasteiger partial charge in [-0.25, -0.2) is 0 Å². The summed E-state index contributed by atoms with van der Waals surface area (Å²) in [6, 6.07) is 5.24. The number of carboxylic acid groups (broad SMARTS) is 1. The van der Waals surface area contributed by atoms with Crippen LogP contribution in [-0.2, 0) is 4.79 Å². The summed E-state index contributed by atoms with van der Waals surface area (Å²) in [4.78, 5) is 10.6. The third-order valence-electron chi connectivity index (χ3n) is 3.12. The van der Waals surface area contributed by atoms with Gasteiger partial charge in [-0.15, -0.1) is 0 Å². The molecule has 106 valence electrons. The number of carboxylic acids is 1. The van der Waals surface area contributed by atoms with Gasteiger partial charge in [0.15, 0.2) is 0 Å². The lowest BCUT2D eigenvalue weighted by Crippen LogP contribution is -2.33. The summed E-state index contributed by atoms with van der Waals surface area (Å²) in [5.74, 6) is -0.266. The molecule has 0 amide bonds. The Labute approximate surface area is 113 Å². The lowest BCUT2D eigenvalue weighted by atomic mass is 9.96. The number of carbonyl (C=O) groups is 1. The van der Waals surface area contributed by atoms with Crippen LogP contribution in [0.1, 0.15) is 30.1 Å². The molecular formula is C14H21NO4. The summed E-state index contributed by atoms with van der Waals surface area (Å²) in [7, 11) is 3.25. The van der Waals surface area contributed by atoms with Crippen molar-refractivity contribution in [2.45, 2.75) is 31.9 Å². The van der Waals surface area contributed by atoms with Gasteiger partial charge in [-0.1, -0.05) is 11.6 Å². The van der Waals surface area contributed by atoms with E-state index in [1.54, 1.807) is 20.2 Å². The molecule has 1 rings (SSSR count). The Morgan fingerprint density at radius 2 is 2.16 bits per heavy atom. The average molecular weight is 267 g/mol. The van der Waals surface area contributed by atoms with E-state index in [0.29, 0.717) is 17.7 Å². The van der Waals surface area contributed by atoms with Crippen LogP contribution in [0.5, 0.6) is 5.75 Å². The third-order valence-corrected chi connectivity index (χ3v) is 3.12. The molecule has 0 radical (unpaired) electrons. The zero-order valence-electron chi connectivity index (χ0n) is 11.5. The zero-order chi connectivity index (χ0) is 14.4. The van der Waals surface area contributed by atoms with Gasteiger partial charge in [0.1, 0.15) is 5.75 Å². The maximum Gasteiger partial charge on any atom is 0.303 e. The number of aliphatic carboxylic acids is 1. The second-order valence-electron chi connectivity index (χ2n) is 4.52. The van der Waals surface area contributed by atoms with E-state index in [4.69, 9.17) is 9.84 Å². The number of ether oxygens (including phenoxy) is 1. The first-order valence-corrected chi connectivity index (χ1v) is 6.21. The molecule has 0 aliphatic heterocycles. The molecule has 1 aromatic carbocycles. The smallest absolute Gasteiger partial charge is 0.303 e. The number of likely N-dealkylation sites (N-methyl/N-ethyl adjacent to an activating group) is 1. The van der Waals surface area contributed by atoms with Gasteiger partial charge >= 0.3 is 5.97 Å². The van der Waals surface area contributed by atoms with Crippen LogP contribution in [0.4, 0.5) is 0 Å². The Bertz CT molecular complexity index is 433. The van der Waals surface area contributed by atoms with Gasteiger partial charge in [0.05, 0.1) is 13.2 Å². The maximum atomic E-state index is 10.6. The minimum atomic E-state index is -0.872. The fourth-order valence-electron chi connectivity index (χ4n) is 2.04. The Balaban J connectivity index is 2.92. The van der Waals surface area contributed by atoms with Gasteiger partial charge < -0.3 is 20.3 Å². The lowest BCUT2D eigenvalue weighted by molar-refractivity contribution is -0.137. The average Bonchev–Trinajstić information content (AvgIpc) is 2.38. The number of methoxy groups -OCH3 is 1. The second-order valence-corrected chi connectivity index (χ2v) is 4.52. The molecule has 0 fully saturated rings. The van der Waals surface area contributed by atoms with Crippen molar-refractivity contribution < 1.29 is 19.7 Å². The van der Waals surface area contributed by atoms with E-state index in [-0.39, 0.29) is 12.5 Å². The molecule has 2 atom stereocenters. The highest BCUT2D eigenvalue weighted by Crippen LogP contribution is 2.29. The number of aryl methyl sites for hydroxylation is 1. The van der Waals surface area contributed by atoms with E-state index in [1.165, 1.54) is 0 Å². The number of nitrogens with one attached hydrogen (secondary N) is 1. The van der Waals surface area contributed by atoms with Crippen LogP contribution >= 0.6 is 0 Å². The zero-order valence-corrected chi connectivity index (χ0v) is 11.5. The number of aliphatic hydroxyl groups excluding tert-OH is 1. The van der Waals surface area contributed by atoms with E-state index < -0.39 is 12.1 Å². The van der Waals surface area contributed by atoms with Crippen molar-refractivity contribution in [3.05, 3.63) is 29.3 Å². The van der Waals surface area contributed by atoms with E-state index in [1.807, 2.05) is 19.1 Å². The molecule has 0 heterocycles. The first-order chi connectivity index (χ1) is 8.99. The van der Waals surface area contributed by atoms with Crippen LogP contribution in [0.2, 0.25) is 0 Å². The molecule has 5 nitrogen and oxygen atoms in total. The number of benzene rings is 1. The summed E-state index contributed by atoms with van der Waals surface area (Å²) >= 11 is 0. The van der Waals surface area contributed by atoms with Crippen molar-refractivity contribution in [2.75, 3.05) is 14.2 Å². The van der Waals surface area contributed by atoms with Crippen molar-refractivity contribution in [1.82, 2.24) is 5.32 Å². The van der Waals surface area contributed by atoms with Crippen LogP contribution in [0, 0.1) is 6.92 Å². The minimum Gasteiger partial charge on any atom is -0.496 e. The van der Waals surface area contributed by atoms with Crippen molar-refractivity contribution >= 4 is 5.97 Å². The van der Waals surface area contributed by atoms with Crippen molar-refractivity contribution in [3.8, 4) is 5.75 Å².